The highest BCUT2D eigenvalue weighted by atomic mass is 16.7. The van der Waals surface area contributed by atoms with Gasteiger partial charge in [0, 0.05) is 6.92 Å². The van der Waals surface area contributed by atoms with Crippen LogP contribution < -0.4 is 5.32 Å². The van der Waals surface area contributed by atoms with Crippen LogP contribution in [0.4, 0.5) is 0 Å². The van der Waals surface area contributed by atoms with Crippen molar-refractivity contribution in [2.45, 2.75) is 20.1 Å². The summed E-state index contributed by atoms with van der Waals surface area (Å²) in [5.41, 5.74) is 0. The van der Waals surface area contributed by atoms with Gasteiger partial charge in [-0.25, -0.2) is 0 Å². The molecule has 0 aromatic heterocycles. The Morgan fingerprint density at radius 2 is 2.07 bits per heavy atom. The average molecular weight is 216 g/mol. The fourth-order valence-electron chi connectivity index (χ4n) is 0.623. The van der Waals surface area contributed by atoms with E-state index >= 15 is 0 Å². The van der Waals surface area contributed by atoms with Crippen LogP contribution in [0.25, 0.3) is 0 Å². The van der Waals surface area contributed by atoms with Crippen molar-refractivity contribution in [2.24, 2.45) is 5.92 Å². The van der Waals surface area contributed by atoms with Crippen molar-refractivity contribution in [3.8, 4) is 0 Å². The van der Waals surface area contributed by atoms with Crippen molar-refractivity contribution >= 4 is 18.2 Å². The SMILES string of the molecule is [CH2]C(=O)C(NC=O)OCOC(=O)C(C)C. The van der Waals surface area contributed by atoms with Gasteiger partial charge >= 0.3 is 5.97 Å². The first-order valence-electron chi connectivity index (χ1n) is 4.32. The lowest BCUT2D eigenvalue weighted by Crippen LogP contribution is -2.38. The molecule has 1 amide bonds. The van der Waals surface area contributed by atoms with Gasteiger partial charge in [0.2, 0.25) is 6.41 Å². The van der Waals surface area contributed by atoms with Gasteiger partial charge in [-0.2, -0.15) is 0 Å². The van der Waals surface area contributed by atoms with Crippen molar-refractivity contribution in [3.05, 3.63) is 6.92 Å². The van der Waals surface area contributed by atoms with Crippen LogP contribution in [0.5, 0.6) is 0 Å². The minimum absolute atomic E-state index is 0.276. The molecule has 0 aromatic carbocycles. The third-order valence-electron chi connectivity index (χ3n) is 1.42. The fraction of sp³-hybridized carbons (Fsp3) is 0.556. The number of amides is 1. The van der Waals surface area contributed by atoms with Crippen molar-refractivity contribution in [2.75, 3.05) is 6.79 Å². The number of Topliss-reactive ketones (excluding diaryl/α,β-unsaturated/α-hetero) is 1. The van der Waals surface area contributed by atoms with Crippen LogP contribution in [0.1, 0.15) is 13.8 Å². The van der Waals surface area contributed by atoms with E-state index in [9.17, 15) is 14.4 Å². The van der Waals surface area contributed by atoms with Gasteiger partial charge in [-0.05, 0) is 0 Å². The lowest BCUT2D eigenvalue weighted by Gasteiger charge is -2.14. The average Bonchev–Trinajstić information content (AvgIpc) is 2.15. The monoisotopic (exact) mass is 216 g/mol. The molecule has 0 bridgehead atoms. The van der Waals surface area contributed by atoms with Crippen LogP contribution >= 0.6 is 0 Å². The van der Waals surface area contributed by atoms with E-state index in [0.29, 0.717) is 6.41 Å². The molecule has 0 rings (SSSR count). The molecule has 6 heteroatoms. The zero-order valence-corrected chi connectivity index (χ0v) is 8.69. The highest BCUT2D eigenvalue weighted by molar-refractivity contribution is 5.87. The first kappa shape index (κ1) is 13.6. The Labute approximate surface area is 87.9 Å². The molecule has 6 nitrogen and oxygen atoms in total. The van der Waals surface area contributed by atoms with Gasteiger partial charge in [-0.15, -0.1) is 0 Å². The second kappa shape index (κ2) is 6.94. The van der Waals surface area contributed by atoms with Crippen LogP contribution in [0.2, 0.25) is 0 Å². The van der Waals surface area contributed by atoms with E-state index in [1.165, 1.54) is 0 Å². The van der Waals surface area contributed by atoms with Gasteiger partial charge in [0.25, 0.3) is 0 Å². The summed E-state index contributed by atoms with van der Waals surface area (Å²) in [6.45, 7) is 5.99. The number of hydrogen-bond donors (Lipinski definition) is 1. The topological polar surface area (TPSA) is 81.7 Å². The molecule has 0 aliphatic carbocycles. The maximum absolute atomic E-state index is 11.0. The third kappa shape index (κ3) is 5.79. The van der Waals surface area contributed by atoms with Crippen LogP contribution in [-0.4, -0.2) is 31.2 Å². The van der Waals surface area contributed by atoms with Gasteiger partial charge in [-0.3, -0.25) is 14.4 Å². The second-order valence-corrected chi connectivity index (χ2v) is 3.03. The van der Waals surface area contributed by atoms with Crippen LogP contribution in [0.15, 0.2) is 0 Å². The Morgan fingerprint density at radius 3 is 2.47 bits per heavy atom. The largest absolute Gasteiger partial charge is 0.438 e. The van der Waals surface area contributed by atoms with E-state index in [0.717, 1.165) is 0 Å². The Balaban J connectivity index is 3.85. The summed E-state index contributed by atoms with van der Waals surface area (Å²) in [5, 5.41) is 2.08. The molecular formula is C9H14NO5. The highest BCUT2D eigenvalue weighted by Gasteiger charge is 2.15. The number of nitrogens with one attached hydrogen (secondary N) is 1. The van der Waals surface area contributed by atoms with E-state index < -0.39 is 24.8 Å². The van der Waals surface area contributed by atoms with Crippen LogP contribution in [0, 0.1) is 12.8 Å². The van der Waals surface area contributed by atoms with E-state index in [-0.39, 0.29) is 5.92 Å². The van der Waals surface area contributed by atoms with Crippen LogP contribution in [-0.2, 0) is 23.9 Å². The molecule has 0 spiro atoms. The lowest BCUT2D eigenvalue weighted by atomic mass is 10.2. The maximum atomic E-state index is 11.0. The minimum atomic E-state index is -1.18. The molecule has 0 aromatic rings. The number of esters is 1. The summed E-state index contributed by atoms with van der Waals surface area (Å²) in [6.07, 6.45) is -0.875. The summed E-state index contributed by atoms with van der Waals surface area (Å²) in [5.74, 6) is -1.35. The molecule has 0 saturated heterocycles. The second-order valence-electron chi connectivity index (χ2n) is 3.03. The summed E-state index contributed by atoms with van der Waals surface area (Å²) in [4.78, 5) is 31.8. The zero-order valence-electron chi connectivity index (χ0n) is 8.69. The van der Waals surface area contributed by atoms with Gasteiger partial charge < -0.3 is 14.8 Å². The lowest BCUT2D eigenvalue weighted by molar-refractivity contribution is -0.169. The molecule has 0 aliphatic heterocycles. The Bertz CT molecular complexity index is 239. The van der Waals surface area contributed by atoms with Gasteiger partial charge in [0.05, 0.1) is 5.92 Å². The minimum Gasteiger partial charge on any atom is -0.438 e. The summed E-state index contributed by atoms with van der Waals surface area (Å²) < 4.78 is 9.40. The Hall–Kier alpha value is -1.43. The quantitative estimate of drug-likeness (QED) is 0.357. The molecule has 85 valence electrons. The van der Waals surface area contributed by atoms with Crippen molar-refractivity contribution in [1.29, 1.82) is 0 Å². The number of ether oxygens (including phenoxy) is 2. The van der Waals surface area contributed by atoms with E-state index in [4.69, 9.17) is 4.74 Å². The molecular weight excluding hydrogens is 202 g/mol. The fourth-order valence-corrected chi connectivity index (χ4v) is 0.623. The Kier molecular flexibility index (Phi) is 6.28. The molecule has 0 saturated carbocycles. The third-order valence-corrected chi connectivity index (χ3v) is 1.42. The van der Waals surface area contributed by atoms with Gasteiger partial charge in [0.1, 0.15) is 0 Å². The van der Waals surface area contributed by atoms with E-state index in [2.05, 4.69) is 17.0 Å². The predicted octanol–water partition coefficient (Wildman–Crippen LogP) is -0.365. The highest BCUT2D eigenvalue weighted by Crippen LogP contribution is 1.97. The standard InChI is InChI=1S/C9H14NO5/c1-6(2)9(13)15-5-14-8(7(3)12)10-4-11/h4,6,8H,3,5H2,1-2H3,(H,10,11). The molecule has 0 fully saturated rings. The van der Waals surface area contributed by atoms with Crippen molar-refractivity contribution in [1.82, 2.24) is 5.32 Å². The molecule has 1 radical (unpaired) electrons. The maximum Gasteiger partial charge on any atom is 0.310 e. The predicted molar refractivity (Wildman–Crippen MR) is 50.2 cm³/mol. The molecule has 15 heavy (non-hydrogen) atoms. The molecule has 1 atom stereocenters. The molecule has 1 N–H and O–H groups in total. The smallest absolute Gasteiger partial charge is 0.310 e. The normalized spacial score (nSPS) is 12.0. The summed E-state index contributed by atoms with van der Waals surface area (Å²) >= 11 is 0. The number of carbonyl (C=O) groups is 3. The zero-order chi connectivity index (χ0) is 11.8. The first-order chi connectivity index (χ1) is 6.99. The van der Waals surface area contributed by atoms with Crippen molar-refractivity contribution in [3.63, 3.8) is 0 Å². The number of ketones is 1. The molecule has 0 aliphatic rings. The van der Waals surface area contributed by atoms with E-state index in [1.54, 1.807) is 13.8 Å². The van der Waals surface area contributed by atoms with Gasteiger partial charge in [0.15, 0.2) is 18.8 Å². The number of rotatable bonds is 7. The summed E-state index contributed by atoms with van der Waals surface area (Å²) in [7, 11) is 0. The van der Waals surface area contributed by atoms with Crippen LogP contribution in [0.3, 0.4) is 0 Å². The molecule has 0 heterocycles. The van der Waals surface area contributed by atoms with Crippen molar-refractivity contribution < 1.29 is 23.9 Å². The molecule has 1 unspecified atom stereocenters. The summed E-state index contributed by atoms with van der Waals surface area (Å²) in [6, 6.07) is 0. The van der Waals surface area contributed by atoms with Gasteiger partial charge in [-0.1, -0.05) is 13.8 Å². The number of hydrogen-bond acceptors (Lipinski definition) is 5. The van der Waals surface area contributed by atoms with E-state index in [1.807, 2.05) is 0 Å². The Morgan fingerprint density at radius 1 is 1.47 bits per heavy atom. The first-order valence-corrected chi connectivity index (χ1v) is 4.32. The number of carbonyl (C=O) groups excluding carboxylic acids is 3.